The van der Waals surface area contributed by atoms with E-state index in [1.54, 1.807) is 11.9 Å². The normalized spacial score (nSPS) is 12.9. The lowest BCUT2D eigenvalue weighted by atomic mass is 10.1. The van der Waals surface area contributed by atoms with Gasteiger partial charge in [-0.2, -0.15) is 13.2 Å². The molecule has 0 aliphatic carbocycles. The lowest BCUT2D eigenvalue weighted by molar-refractivity contribution is -0.137. The SMILES string of the molecule is Cc1ccc(C(C)N(C)CC(=O)Nc2ccccc2C(F)(F)F)cc1. The fourth-order valence-electron chi connectivity index (χ4n) is 2.49. The van der Waals surface area contributed by atoms with Crippen molar-refractivity contribution in [3.05, 3.63) is 65.2 Å². The van der Waals surface area contributed by atoms with Crippen LogP contribution in [-0.4, -0.2) is 24.4 Å². The van der Waals surface area contributed by atoms with Gasteiger partial charge in [0, 0.05) is 6.04 Å². The molecule has 6 heteroatoms. The number of alkyl halides is 3. The average molecular weight is 350 g/mol. The lowest BCUT2D eigenvalue weighted by Gasteiger charge is -2.25. The van der Waals surface area contributed by atoms with Crippen LogP contribution in [0.3, 0.4) is 0 Å². The third-order valence-corrected chi connectivity index (χ3v) is 4.12. The van der Waals surface area contributed by atoms with Gasteiger partial charge >= 0.3 is 6.18 Å². The number of nitrogens with zero attached hydrogens (tertiary/aromatic N) is 1. The highest BCUT2D eigenvalue weighted by atomic mass is 19.4. The van der Waals surface area contributed by atoms with Crippen LogP contribution >= 0.6 is 0 Å². The zero-order valence-corrected chi connectivity index (χ0v) is 14.4. The summed E-state index contributed by atoms with van der Waals surface area (Å²) in [6.45, 7) is 3.92. The Kier molecular flexibility index (Phi) is 5.85. The number of hydrogen-bond donors (Lipinski definition) is 1. The van der Waals surface area contributed by atoms with Crippen molar-refractivity contribution in [2.75, 3.05) is 18.9 Å². The molecule has 1 unspecified atom stereocenters. The molecule has 3 nitrogen and oxygen atoms in total. The summed E-state index contributed by atoms with van der Waals surface area (Å²) in [4.78, 5) is 14.0. The monoisotopic (exact) mass is 350 g/mol. The van der Waals surface area contributed by atoms with E-state index in [0.717, 1.165) is 17.2 Å². The highest BCUT2D eigenvalue weighted by Gasteiger charge is 2.33. The van der Waals surface area contributed by atoms with E-state index in [4.69, 9.17) is 0 Å². The number of nitrogens with one attached hydrogen (secondary N) is 1. The van der Waals surface area contributed by atoms with Crippen molar-refractivity contribution in [1.29, 1.82) is 0 Å². The minimum atomic E-state index is -4.51. The first-order valence-corrected chi connectivity index (χ1v) is 7.91. The van der Waals surface area contributed by atoms with Crippen molar-refractivity contribution in [2.45, 2.75) is 26.1 Å². The highest BCUT2D eigenvalue weighted by molar-refractivity contribution is 5.93. The number of amides is 1. The maximum absolute atomic E-state index is 13.0. The minimum Gasteiger partial charge on any atom is -0.324 e. The van der Waals surface area contributed by atoms with E-state index in [1.807, 2.05) is 38.1 Å². The average Bonchev–Trinajstić information content (AvgIpc) is 2.54. The first kappa shape index (κ1) is 19.0. The smallest absolute Gasteiger partial charge is 0.324 e. The predicted molar refractivity (Wildman–Crippen MR) is 92.3 cm³/mol. The molecule has 0 radical (unpaired) electrons. The highest BCUT2D eigenvalue weighted by Crippen LogP contribution is 2.34. The standard InChI is InChI=1S/C19H21F3N2O/c1-13-8-10-15(11-9-13)14(2)24(3)12-18(25)23-17-7-5-4-6-16(17)19(20,21)22/h4-11,14H,12H2,1-3H3,(H,23,25). The minimum absolute atomic E-state index is 0.0127. The van der Waals surface area contributed by atoms with E-state index in [-0.39, 0.29) is 18.3 Å². The maximum atomic E-state index is 13.0. The number of benzene rings is 2. The van der Waals surface area contributed by atoms with Crippen molar-refractivity contribution >= 4 is 11.6 Å². The van der Waals surface area contributed by atoms with Gasteiger partial charge in [-0.15, -0.1) is 0 Å². The topological polar surface area (TPSA) is 32.3 Å². The van der Waals surface area contributed by atoms with Gasteiger partial charge in [-0.3, -0.25) is 9.69 Å². The Labute approximate surface area is 145 Å². The molecule has 2 rings (SSSR count). The van der Waals surface area contributed by atoms with Gasteiger partial charge in [-0.1, -0.05) is 42.0 Å². The van der Waals surface area contributed by atoms with E-state index < -0.39 is 17.6 Å². The number of carbonyl (C=O) groups excluding carboxylic acids is 1. The van der Waals surface area contributed by atoms with Gasteiger partial charge in [0.1, 0.15) is 0 Å². The molecule has 0 heterocycles. The molecule has 2 aromatic carbocycles. The molecule has 0 aromatic heterocycles. The number of anilines is 1. The maximum Gasteiger partial charge on any atom is 0.418 e. The van der Waals surface area contributed by atoms with Crippen molar-refractivity contribution in [2.24, 2.45) is 0 Å². The van der Waals surface area contributed by atoms with Gasteiger partial charge in [0.15, 0.2) is 0 Å². The second kappa shape index (κ2) is 7.70. The van der Waals surface area contributed by atoms with Gasteiger partial charge in [0.2, 0.25) is 5.91 Å². The first-order valence-electron chi connectivity index (χ1n) is 7.91. The van der Waals surface area contributed by atoms with Crippen LogP contribution in [0, 0.1) is 6.92 Å². The summed E-state index contributed by atoms with van der Waals surface area (Å²) in [5.74, 6) is -0.488. The Bertz CT molecular complexity index is 726. The second-order valence-electron chi connectivity index (χ2n) is 6.09. The summed E-state index contributed by atoms with van der Waals surface area (Å²) < 4.78 is 38.9. The number of para-hydroxylation sites is 1. The van der Waals surface area contributed by atoms with Gasteiger partial charge in [0.05, 0.1) is 17.8 Å². The Balaban J connectivity index is 2.04. The van der Waals surface area contributed by atoms with E-state index in [0.29, 0.717) is 0 Å². The van der Waals surface area contributed by atoms with E-state index >= 15 is 0 Å². The Morgan fingerprint density at radius 1 is 1.12 bits per heavy atom. The van der Waals surface area contributed by atoms with Crippen molar-refractivity contribution < 1.29 is 18.0 Å². The van der Waals surface area contributed by atoms with Crippen LogP contribution in [0.25, 0.3) is 0 Å². The van der Waals surface area contributed by atoms with Crippen LogP contribution < -0.4 is 5.32 Å². The molecule has 0 saturated heterocycles. The number of halogens is 3. The number of aryl methyl sites for hydroxylation is 1. The molecule has 0 fully saturated rings. The summed E-state index contributed by atoms with van der Waals surface area (Å²) in [6.07, 6.45) is -4.51. The molecule has 0 aliphatic rings. The number of hydrogen-bond acceptors (Lipinski definition) is 2. The van der Waals surface area contributed by atoms with Crippen molar-refractivity contribution in [3.63, 3.8) is 0 Å². The summed E-state index contributed by atoms with van der Waals surface area (Å²) in [5, 5.41) is 2.36. The molecule has 0 saturated carbocycles. The molecule has 1 amide bonds. The van der Waals surface area contributed by atoms with Crippen LogP contribution in [0.4, 0.5) is 18.9 Å². The largest absolute Gasteiger partial charge is 0.418 e. The first-order chi connectivity index (χ1) is 11.7. The third kappa shape index (κ3) is 5.06. The molecule has 0 spiro atoms. The quantitative estimate of drug-likeness (QED) is 0.852. The van der Waals surface area contributed by atoms with Crippen LogP contribution in [0.15, 0.2) is 48.5 Å². The van der Waals surface area contributed by atoms with Gasteiger partial charge < -0.3 is 5.32 Å². The molecule has 0 bridgehead atoms. The molecular weight excluding hydrogens is 329 g/mol. The zero-order chi connectivity index (χ0) is 18.6. The Hall–Kier alpha value is -2.34. The molecule has 1 N–H and O–H groups in total. The second-order valence-corrected chi connectivity index (χ2v) is 6.09. The molecule has 0 aliphatic heterocycles. The van der Waals surface area contributed by atoms with Crippen molar-refractivity contribution in [1.82, 2.24) is 4.90 Å². The fourth-order valence-corrected chi connectivity index (χ4v) is 2.49. The number of likely N-dealkylation sites (N-methyl/N-ethyl adjacent to an activating group) is 1. The Morgan fingerprint density at radius 2 is 1.72 bits per heavy atom. The van der Waals surface area contributed by atoms with Crippen LogP contribution in [0.5, 0.6) is 0 Å². The summed E-state index contributed by atoms with van der Waals surface area (Å²) in [5.41, 5.74) is 1.10. The molecule has 134 valence electrons. The van der Waals surface area contributed by atoms with Crippen LogP contribution in [0.1, 0.15) is 29.7 Å². The number of carbonyl (C=O) groups is 1. The number of rotatable bonds is 5. The van der Waals surface area contributed by atoms with Gasteiger partial charge in [0.25, 0.3) is 0 Å². The van der Waals surface area contributed by atoms with E-state index in [1.165, 1.54) is 18.2 Å². The Morgan fingerprint density at radius 3 is 2.32 bits per heavy atom. The van der Waals surface area contributed by atoms with Gasteiger partial charge in [-0.05, 0) is 38.6 Å². The zero-order valence-electron chi connectivity index (χ0n) is 14.4. The summed E-state index contributed by atoms with van der Waals surface area (Å²) >= 11 is 0. The van der Waals surface area contributed by atoms with Crippen LogP contribution in [0.2, 0.25) is 0 Å². The molecule has 25 heavy (non-hydrogen) atoms. The van der Waals surface area contributed by atoms with E-state index in [2.05, 4.69) is 5.32 Å². The summed E-state index contributed by atoms with van der Waals surface area (Å²) in [6, 6.07) is 12.9. The molecular formula is C19H21F3N2O. The predicted octanol–water partition coefficient (Wildman–Crippen LogP) is 4.65. The molecule has 1 atom stereocenters. The third-order valence-electron chi connectivity index (χ3n) is 4.12. The van der Waals surface area contributed by atoms with E-state index in [9.17, 15) is 18.0 Å². The van der Waals surface area contributed by atoms with Crippen LogP contribution in [-0.2, 0) is 11.0 Å². The van der Waals surface area contributed by atoms with Gasteiger partial charge in [-0.25, -0.2) is 0 Å². The van der Waals surface area contributed by atoms with Crippen molar-refractivity contribution in [3.8, 4) is 0 Å². The lowest BCUT2D eigenvalue weighted by Crippen LogP contribution is -2.32. The summed E-state index contributed by atoms with van der Waals surface area (Å²) in [7, 11) is 1.76. The fraction of sp³-hybridized carbons (Fsp3) is 0.316. The molecule has 2 aromatic rings.